The molecule has 1 aromatic rings. The van der Waals surface area contributed by atoms with Gasteiger partial charge in [-0.2, -0.15) is 0 Å². The van der Waals surface area contributed by atoms with Crippen molar-refractivity contribution in [2.24, 2.45) is 5.41 Å². The van der Waals surface area contributed by atoms with E-state index in [0.717, 1.165) is 28.9 Å². The Morgan fingerprint density at radius 3 is 2.83 bits per heavy atom. The van der Waals surface area contributed by atoms with E-state index >= 15 is 0 Å². The Morgan fingerprint density at radius 2 is 2.42 bits per heavy atom. The first kappa shape index (κ1) is 8.66. The van der Waals surface area contributed by atoms with E-state index in [4.69, 9.17) is 5.11 Å². The summed E-state index contributed by atoms with van der Waals surface area (Å²) < 4.78 is 0.936. The summed E-state index contributed by atoms with van der Waals surface area (Å²) in [6.07, 6.45) is 3.24. The van der Waals surface area contributed by atoms with E-state index in [-0.39, 0.29) is 5.41 Å². The summed E-state index contributed by atoms with van der Waals surface area (Å²) in [4.78, 5) is 4.31. The van der Waals surface area contributed by atoms with Crippen molar-refractivity contribution < 1.29 is 5.11 Å². The molecule has 1 aromatic heterocycles. The third-order valence-corrected chi connectivity index (χ3v) is 3.79. The predicted octanol–water partition coefficient (Wildman–Crippen LogP) is 2.22. The van der Waals surface area contributed by atoms with Crippen LogP contribution in [0.1, 0.15) is 18.5 Å². The van der Waals surface area contributed by atoms with Crippen molar-refractivity contribution in [3.8, 4) is 0 Å². The number of nitrogens with zero attached hydrogens (tertiary/aromatic N) is 1. The number of hydrogen-bond donors (Lipinski definition) is 1. The minimum atomic E-state index is 0.188. The summed E-state index contributed by atoms with van der Waals surface area (Å²) in [6.45, 7) is 0.308. The van der Waals surface area contributed by atoms with Crippen LogP contribution in [0.3, 0.4) is 0 Å². The summed E-state index contributed by atoms with van der Waals surface area (Å²) in [5.41, 5.74) is 1.30. The van der Waals surface area contributed by atoms with Gasteiger partial charge in [-0.15, -0.1) is 11.3 Å². The number of hydrogen-bond acceptors (Lipinski definition) is 3. The van der Waals surface area contributed by atoms with Crippen molar-refractivity contribution in [1.29, 1.82) is 0 Å². The van der Waals surface area contributed by atoms with Gasteiger partial charge in [-0.3, -0.25) is 0 Å². The maximum absolute atomic E-state index is 9.09. The first-order valence-electron chi connectivity index (χ1n) is 3.95. The molecule has 0 atom stereocenters. The van der Waals surface area contributed by atoms with Gasteiger partial charge in [-0.25, -0.2) is 4.98 Å². The molecule has 0 amide bonds. The van der Waals surface area contributed by atoms with Crippen LogP contribution in [0.4, 0.5) is 0 Å². The highest BCUT2D eigenvalue weighted by Gasteiger charge is 2.42. The maximum atomic E-state index is 9.09. The Labute approximate surface area is 83.8 Å². The molecule has 0 aliphatic heterocycles. The van der Waals surface area contributed by atoms with E-state index in [1.54, 1.807) is 11.3 Å². The lowest BCUT2D eigenvalue weighted by molar-refractivity contribution is 0.210. The van der Waals surface area contributed by atoms with Crippen LogP contribution in [0.5, 0.6) is 0 Å². The summed E-state index contributed by atoms with van der Waals surface area (Å²) >= 11 is 4.93. The van der Waals surface area contributed by atoms with Gasteiger partial charge in [0.15, 0.2) is 3.92 Å². The molecule has 1 aliphatic carbocycles. The van der Waals surface area contributed by atoms with Crippen LogP contribution in [0.2, 0.25) is 0 Å². The van der Waals surface area contributed by atoms with Gasteiger partial charge in [0.2, 0.25) is 0 Å². The van der Waals surface area contributed by atoms with E-state index in [1.165, 1.54) is 0 Å². The molecule has 12 heavy (non-hydrogen) atoms. The predicted molar refractivity (Wildman–Crippen MR) is 52.3 cm³/mol. The molecular weight excluding hydrogens is 238 g/mol. The first-order chi connectivity index (χ1) is 5.74. The first-order valence-corrected chi connectivity index (χ1v) is 5.62. The largest absolute Gasteiger partial charge is 0.396 e. The molecule has 2 rings (SSSR count). The molecule has 0 unspecified atom stereocenters. The number of aliphatic hydroxyl groups is 1. The maximum Gasteiger partial charge on any atom is 0.159 e. The zero-order valence-corrected chi connectivity index (χ0v) is 8.99. The van der Waals surface area contributed by atoms with Gasteiger partial charge in [-0.1, -0.05) is 0 Å². The molecule has 0 radical (unpaired) electrons. The van der Waals surface area contributed by atoms with E-state index in [2.05, 4.69) is 26.3 Å². The zero-order valence-electron chi connectivity index (χ0n) is 6.59. The lowest BCUT2D eigenvalue weighted by Crippen LogP contribution is -2.10. The van der Waals surface area contributed by atoms with Crippen LogP contribution in [0.25, 0.3) is 0 Å². The van der Waals surface area contributed by atoms with Crippen LogP contribution < -0.4 is 0 Å². The van der Waals surface area contributed by atoms with Gasteiger partial charge in [0.25, 0.3) is 0 Å². The molecule has 4 heteroatoms. The van der Waals surface area contributed by atoms with Crippen molar-refractivity contribution in [2.45, 2.75) is 19.3 Å². The number of aliphatic hydroxyl groups excluding tert-OH is 1. The van der Waals surface area contributed by atoms with Crippen molar-refractivity contribution in [3.63, 3.8) is 0 Å². The third kappa shape index (κ3) is 1.70. The normalized spacial score (nSPS) is 19.5. The molecule has 0 spiro atoms. The molecule has 66 valence electrons. The van der Waals surface area contributed by atoms with Gasteiger partial charge in [0.05, 0.1) is 5.69 Å². The highest BCUT2D eigenvalue weighted by atomic mass is 79.9. The molecule has 1 N–H and O–H groups in total. The fraction of sp³-hybridized carbons (Fsp3) is 0.625. The van der Waals surface area contributed by atoms with Crippen LogP contribution in [0, 0.1) is 5.41 Å². The van der Waals surface area contributed by atoms with Crippen LogP contribution in [-0.4, -0.2) is 16.7 Å². The minimum Gasteiger partial charge on any atom is -0.396 e. The average molecular weight is 248 g/mol. The Morgan fingerprint density at radius 1 is 1.67 bits per heavy atom. The van der Waals surface area contributed by atoms with E-state index in [0.29, 0.717) is 6.61 Å². The standard InChI is InChI=1S/C8H10BrNOS/c9-7-10-6(4-12-7)3-8(5-11)1-2-8/h4,11H,1-3,5H2. The summed E-state index contributed by atoms with van der Waals surface area (Å²) in [5.74, 6) is 0. The Balaban J connectivity index is 2.04. The van der Waals surface area contributed by atoms with Crippen molar-refractivity contribution in [2.75, 3.05) is 6.61 Å². The second-order valence-electron chi connectivity index (χ2n) is 3.43. The number of aromatic nitrogens is 1. The quantitative estimate of drug-likeness (QED) is 0.889. The molecule has 2 nitrogen and oxygen atoms in total. The summed E-state index contributed by atoms with van der Waals surface area (Å²) in [6, 6.07) is 0. The highest BCUT2D eigenvalue weighted by Crippen LogP contribution is 2.47. The molecule has 0 bridgehead atoms. The molecule has 1 fully saturated rings. The van der Waals surface area contributed by atoms with E-state index < -0.39 is 0 Å². The number of halogens is 1. The van der Waals surface area contributed by atoms with Gasteiger partial charge in [0, 0.05) is 12.0 Å². The van der Waals surface area contributed by atoms with Gasteiger partial charge >= 0.3 is 0 Å². The van der Waals surface area contributed by atoms with E-state index in [9.17, 15) is 0 Å². The fourth-order valence-corrected chi connectivity index (χ4v) is 2.36. The highest BCUT2D eigenvalue weighted by molar-refractivity contribution is 9.11. The molecular formula is C8H10BrNOS. The topological polar surface area (TPSA) is 33.1 Å². The van der Waals surface area contributed by atoms with Crippen LogP contribution in [-0.2, 0) is 6.42 Å². The van der Waals surface area contributed by atoms with E-state index in [1.807, 2.05) is 0 Å². The second kappa shape index (κ2) is 3.09. The van der Waals surface area contributed by atoms with Crippen molar-refractivity contribution >= 4 is 27.3 Å². The summed E-state index contributed by atoms with van der Waals surface area (Å²) in [7, 11) is 0. The molecule has 0 saturated heterocycles. The van der Waals surface area contributed by atoms with Crippen LogP contribution in [0.15, 0.2) is 9.30 Å². The fourth-order valence-electron chi connectivity index (χ4n) is 1.32. The molecule has 1 aliphatic rings. The monoisotopic (exact) mass is 247 g/mol. The van der Waals surface area contributed by atoms with Crippen molar-refractivity contribution in [1.82, 2.24) is 4.98 Å². The number of thiazole rings is 1. The lowest BCUT2D eigenvalue weighted by Gasteiger charge is -2.07. The Kier molecular flexibility index (Phi) is 2.23. The Bertz CT molecular complexity index is 282. The van der Waals surface area contributed by atoms with Crippen molar-refractivity contribution in [3.05, 3.63) is 15.0 Å². The molecule has 1 heterocycles. The lowest BCUT2D eigenvalue weighted by atomic mass is 10.0. The number of rotatable bonds is 3. The Hall–Kier alpha value is 0.0700. The summed E-state index contributed by atoms with van der Waals surface area (Å²) in [5, 5.41) is 11.1. The van der Waals surface area contributed by atoms with Crippen LogP contribution >= 0.6 is 27.3 Å². The smallest absolute Gasteiger partial charge is 0.159 e. The van der Waals surface area contributed by atoms with Gasteiger partial charge in [0.1, 0.15) is 0 Å². The molecule has 1 saturated carbocycles. The average Bonchev–Trinajstić information content (AvgIpc) is 2.71. The van der Waals surface area contributed by atoms with Gasteiger partial charge in [-0.05, 0) is 40.6 Å². The third-order valence-electron chi connectivity index (χ3n) is 2.37. The molecule has 0 aromatic carbocycles. The minimum absolute atomic E-state index is 0.188. The zero-order chi connectivity index (χ0) is 8.60. The SMILES string of the molecule is OCC1(Cc2csc(Br)n2)CC1. The second-order valence-corrected chi connectivity index (χ2v) is 5.56. The van der Waals surface area contributed by atoms with Gasteiger partial charge < -0.3 is 5.11 Å².